The van der Waals surface area contributed by atoms with Crippen LogP contribution < -0.4 is 16.2 Å². The molecule has 4 N–H and O–H groups in total. The summed E-state index contributed by atoms with van der Waals surface area (Å²) in [5.41, 5.74) is 13.5. The lowest BCUT2D eigenvalue weighted by Crippen LogP contribution is -2.21. The Bertz CT molecular complexity index is 286. The van der Waals surface area contributed by atoms with E-state index < -0.39 is 0 Å². The molecule has 0 aromatic heterocycles. The summed E-state index contributed by atoms with van der Waals surface area (Å²) in [5, 5.41) is 0. The van der Waals surface area contributed by atoms with Crippen molar-refractivity contribution < 1.29 is 4.74 Å². The van der Waals surface area contributed by atoms with Crippen molar-refractivity contribution in [2.75, 3.05) is 13.7 Å². The van der Waals surface area contributed by atoms with Gasteiger partial charge in [0.25, 0.3) is 0 Å². The van der Waals surface area contributed by atoms with Crippen LogP contribution in [0.4, 0.5) is 0 Å². The molecular weight excluding hydrogens is 164 g/mol. The summed E-state index contributed by atoms with van der Waals surface area (Å²) in [6.07, 6.45) is 0. The van der Waals surface area contributed by atoms with Crippen LogP contribution in [-0.2, 0) is 0 Å². The molecule has 0 heterocycles. The van der Waals surface area contributed by atoms with E-state index >= 15 is 0 Å². The molecule has 72 valence electrons. The summed E-state index contributed by atoms with van der Waals surface area (Å²) < 4.78 is 5.19. The Labute approximate surface area is 78.7 Å². The molecule has 0 aliphatic heterocycles. The summed E-state index contributed by atoms with van der Waals surface area (Å²) in [6, 6.07) is 5.78. The molecule has 0 fully saturated rings. The van der Waals surface area contributed by atoms with Gasteiger partial charge in [0.2, 0.25) is 0 Å². The molecule has 0 radical (unpaired) electrons. The topological polar surface area (TPSA) is 61.3 Å². The molecule has 1 rings (SSSR count). The van der Waals surface area contributed by atoms with E-state index in [0.717, 1.165) is 11.3 Å². The molecule has 0 aliphatic carbocycles. The van der Waals surface area contributed by atoms with Crippen LogP contribution in [0.25, 0.3) is 0 Å². The number of aryl methyl sites for hydroxylation is 1. The van der Waals surface area contributed by atoms with Crippen LogP contribution in [0.2, 0.25) is 0 Å². The number of methoxy groups -OCH3 is 1. The predicted octanol–water partition coefficient (Wildman–Crippen LogP) is 0.962. The fourth-order valence-corrected chi connectivity index (χ4v) is 1.27. The van der Waals surface area contributed by atoms with E-state index in [9.17, 15) is 0 Å². The average Bonchev–Trinajstić information content (AvgIpc) is 2.16. The second-order valence-electron chi connectivity index (χ2n) is 3.09. The fraction of sp³-hybridized carbons (Fsp3) is 0.400. The third kappa shape index (κ3) is 2.20. The molecule has 0 bridgehead atoms. The zero-order valence-corrected chi connectivity index (χ0v) is 8.08. The number of hydrogen-bond acceptors (Lipinski definition) is 3. The molecule has 1 unspecified atom stereocenters. The van der Waals surface area contributed by atoms with E-state index in [-0.39, 0.29) is 6.04 Å². The molecule has 3 heteroatoms. The largest absolute Gasteiger partial charge is 0.496 e. The Morgan fingerprint density at radius 2 is 2.15 bits per heavy atom. The van der Waals surface area contributed by atoms with Gasteiger partial charge in [-0.1, -0.05) is 17.7 Å². The van der Waals surface area contributed by atoms with Crippen LogP contribution in [0.5, 0.6) is 5.75 Å². The summed E-state index contributed by atoms with van der Waals surface area (Å²) >= 11 is 0. The monoisotopic (exact) mass is 180 g/mol. The van der Waals surface area contributed by atoms with Crippen molar-refractivity contribution >= 4 is 0 Å². The number of ether oxygens (including phenoxy) is 1. The molecule has 0 aliphatic rings. The predicted molar refractivity (Wildman–Crippen MR) is 53.7 cm³/mol. The first-order valence-electron chi connectivity index (χ1n) is 4.29. The molecule has 0 spiro atoms. The Morgan fingerprint density at radius 1 is 1.46 bits per heavy atom. The lowest BCUT2D eigenvalue weighted by molar-refractivity contribution is 0.406. The van der Waals surface area contributed by atoms with Gasteiger partial charge in [-0.25, -0.2) is 0 Å². The van der Waals surface area contributed by atoms with E-state index in [2.05, 4.69) is 0 Å². The highest BCUT2D eigenvalue weighted by molar-refractivity contribution is 5.39. The van der Waals surface area contributed by atoms with Crippen molar-refractivity contribution in [3.63, 3.8) is 0 Å². The van der Waals surface area contributed by atoms with E-state index in [4.69, 9.17) is 16.2 Å². The van der Waals surface area contributed by atoms with Gasteiger partial charge in [-0.2, -0.15) is 0 Å². The Hall–Kier alpha value is -1.06. The third-order valence-electron chi connectivity index (χ3n) is 2.04. The molecule has 1 aromatic rings. The maximum Gasteiger partial charge on any atom is 0.123 e. The van der Waals surface area contributed by atoms with Crippen LogP contribution in [0.1, 0.15) is 17.2 Å². The van der Waals surface area contributed by atoms with Crippen molar-refractivity contribution in [3.05, 3.63) is 29.3 Å². The summed E-state index contributed by atoms with van der Waals surface area (Å²) in [5.74, 6) is 0.809. The number of hydrogen-bond donors (Lipinski definition) is 2. The zero-order valence-electron chi connectivity index (χ0n) is 8.08. The van der Waals surface area contributed by atoms with Crippen molar-refractivity contribution in [1.29, 1.82) is 0 Å². The highest BCUT2D eigenvalue weighted by Gasteiger charge is 2.09. The van der Waals surface area contributed by atoms with Gasteiger partial charge in [0.15, 0.2) is 0 Å². The maximum absolute atomic E-state index is 5.83. The van der Waals surface area contributed by atoms with Crippen LogP contribution in [0.3, 0.4) is 0 Å². The normalized spacial score (nSPS) is 12.6. The summed E-state index contributed by atoms with van der Waals surface area (Å²) in [4.78, 5) is 0. The number of rotatable bonds is 3. The van der Waals surface area contributed by atoms with Crippen LogP contribution in [0.15, 0.2) is 18.2 Å². The zero-order chi connectivity index (χ0) is 9.84. The van der Waals surface area contributed by atoms with E-state index in [0.29, 0.717) is 6.54 Å². The summed E-state index contributed by atoms with van der Waals surface area (Å²) in [6.45, 7) is 2.45. The lowest BCUT2D eigenvalue weighted by Gasteiger charge is -2.14. The van der Waals surface area contributed by atoms with E-state index in [1.165, 1.54) is 5.56 Å². The average molecular weight is 180 g/mol. The fourth-order valence-electron chi connectivity index (χ4n) is 1.27. The Morgan fingerprint density at radius 3 is 2.69 bits per heavy atom. The standard InChI is InChI=1S/C10H16N2O/c1-7-3-4-10(13-2)8(5-7)9(12)6-11/h3-5,9H,6,11-12H2,1-2H3. The minimum atomic E-state index is -0.144. The second kappa shape index (κ2) is 4.25. The van der Waals surface area contributed by atoms with E-state index in [1.54, 1.807) is 7.11 Å². The molecule has 0 amide bonds. The molecule has 1 atom stereocenters. The first-order chi connectivity index (χ1) is 6.19. The van der Waals surface area contributed by atoms with Crippen molar-refractivity contribution in [1.82, 2.24) is 0 Å². The van der Waals surface area contributed by atoms with Gasteiger partial charge in [0.1, 0.15) is 5.75 Å². The van der Waals surface area contributed by atoms with Crippen LogP contribution in [-0.4, -0.2) is 13.7 Å². The van der Waals surface area contributed by atoms with Crippen molar-refractivity contribution in [2.24, 2.45) is 11.5 Å². The Balaban J connectivity index is 3.07. The van der Waals surface area contributed by atoms with Crippen LogP contribution >= 0.6 is 0 Å². The van der Waals surface area contributed by atoms with Gasteiger partial charge >= 0.3 is 0 Å². The van der Waals surface area contributed by atoms with Gasteiger partial charge in [0.05, 0.1) is 7.11 Å². The molecule has 0 saturated carbocycles. The SMILES string of the molecule is COc1ccc(C)cc1C(N)CN. The van der Waals surface area contributed by atoms with Gasteiger partial charge in [-0.05, 0) is 13.0 Å². The van der Waals surface area contributed by atoms with Gasteiger partial charge in [-0.15, -0.1) is 0 Å². The van der Waals surface area contributed by atoms with Crippen molar-refractivity contribution in [3.8, 4) is 5.75 Å². The highest BCUT2D eigenvalue weighted by atomic mass is 16.5. The van der Waals surface area contributed by atoms with Crippen LogP contribution in [0, 0.1) is 6.92 Å². The van der Waals surface area contributed by atoms with Gasteiger partial charge < -0.3 is 16.2 Å². The second-order valence-corrected chi connectivity index (χ2v) is 3.09. The quantitative estimate of drug-likeness (QED) is 0.728. The number of nitrogens with two attached hydrogens (primary N) is 2. The minimum Gasteiger partial charge on any atom is -0.496 e. The first kappa shape index (κ1) is 10.0. The number of benzene rings is 1. The molecule has 1 aromatic carbocycles. The van der Waals surface area contributed by atoms with Gasteiger partial charge in [0, 0.05) is 18.2 Å². The highest BCUT2D eigenvalue weighted by Crippen LogP contribution is 2.24. The Kier molecular flexibility index (Phi) is 3.28. The maximum atomic E-state index is 5.83. The minimum absolute atomic E-state index is 0.144. The molecule has 0 saturated heterocycles. The molecular formula is C10H16N2O. The molecule has 3 nitrogen and oxygen atoms in total. The van der Waals surface area contributed by atoms with E-state index in [1.807, 2.05) is 25.1 Å². The van der Waals surface area contributed by atoms with Gasteiger partial charge in [-0.3, -0.25) is 0 Å². The summed E-state index contributed by atoms with van der Waals surface area (Å²) in [7, 11) is 1.64. The van der Waals surface area contributed by atoms with Crippen molar-refractivity contribution in [2.45, 2.75) is 13.0 Å². The smallest absolute Gasteiger partial charge is 0.123 e. The third-order valence-corrected chi connectivity index (χ3v) is 2.04. The lowest BCUT2D eigenvalue weighted by atomic mass is 10.0. The molecule has 13 heavy (non-hydrogen) atoms. The first-order valence-corrected chi connectivity index (χ1v) is 4.29.